The third kappa shape index (κ3) is 6.19. The van der Waals surface area contributed by atoms with Crippen molar-refractivity contribution in [3.8, 4) is 16.9 Å². The summed E-state index contributed by atoms with van der Waals surface area (Å²) in [6.45, 7) is 3.64. The minimum absolute atomic E-state index is 0.237. The summed E-state index contributed by atoms with van der Waals surface area (Å²) in [7, 11) is 0. The van der Waals surface area contributed by atoms with Gasteiger partial charge in [-0.3, -0.25) is 9.59 Å². The number of phenols is 1. The predicted octanol–water partition coefficient (Wildman–Crippen LogP) is 5.27. The molecule has 0 radical (unpaired) electrons. The fourth-order valence-corrected chi connectivity index (χ4v) is 3.73. The van der Waals surface area contributed by atoms with Gasteiger partial charge in [-0.1, -0.05) is 61.5 Å². The van der Waals surface area contributed by atoms with E-state index in [1.165, 1.54) is 0 Å². The third-order valence-electron chi connectivity index (χ3n) is 5.52. The van der Waals surface area contributed by atoms with Gasteiger partial charge in [0.2, 0.25) is 0 Å². The van der Waals surface area contributed by atoms with Gasteiger partial charge in [-0.25, -0.2) is 8.78 Å². The Hall–Kier alpha value is -3.74. The first-order chi connectivity index (χ1) is 16.3. The van der Waals surface area contributed by atoms with Crippen molar-refractivity contribution < 1.29 is 28.2 Å². The number of halogens is 2. The van der Waals surface area contributed by atoms with Crippen LogP contribution >= 0.6 is 0 Å². The van der Waals surface area contributed by atoms with Crippen LogP contribution in [0.4, 0.5) is 8.78 Å². The van der Waals surface area contributed by atoms with Crippen LogP contribution in [0.2, 0.25) is 0 Å². The zero-order valence-corrected chi connectivity index (χ0v) is 19.1. The van der Waals surface area contributed by atoms with Gasteiger partial charge in [-0.05, 0) is 48.6 Å². The van der Waals surface area contributed by atoms with Gasteiger partial charge in [0.25, 0.3) is 5.91 Å². The Morgan fingerprint density at radius 3 is 2.26 bits per heavy atom. The number of hydrogen-bond acceptors (Lipinski definition) is 4. The van der Waals surface area contributed by atoms with Gasteiger partial charge < -0.3 is 15.2 Å². The number of carbonyl (C=O) groups excluding carboxylic acids is 2. The maximum Gasteiger partial charge on any atom is 0.308 e. The van der Waals surface area contributed by atoms with Crippen LogP contribution in [0.15, 0.2) is 66.7 Å². The summed E-state index contributed by atoms with van der Waals surface area (Å²) >= 11 is 0. The van der Waals surface area contributed by atoms with Gasteiger partial charge in [-0.15, -0.1) is 0 Å². The lowest BCUT2D eigenvalue weighted by Gasteiger charge is -2.22. The van der Waals surface area contributed by atoms with Gasteiger partial charge in [0.15, 0.2) is 17.4 Å². The molecule has 0 unspecified atom stereocenters. The molecule has 0 aliphatic rings. The lowest BCUT2D eigenvalue weighted by Crippen LogP contribution is -2.39. The van der Waals surface area contributed by atoms with E-state index < -0.39 is 46.8 Å². The molecule has 3 rings (SSSR count). The SMILES string of the molecule is CCOC(=O)[C@H](C)C[C@@H](Cc1ccc(-c2ccccc2)cc1)NC(=O)c1ccc(F)c(O)c1F. The minimum atomic E-state index is -1.33. The van der Waals surface area contributed by atoms with Crippen molar-refractivity contribution in [2.45, 2.75) is 32.7 Å². The molecule has 3 aromatic rings. The van der Waals surface area contributed by atoms with E-state index in [4.69, 9.17) is 4.74 Å². The van der Waals surface area contributed by atoms with Crippen LogP contribution in [0.25, 0.3) is 11.1 Å². The van der Waals surface area contributed by atoms with Crippen LogP contribution in [0.5, 0.6) is 5.75 Å². The molecule has 0 bridgehead atoms. The van der Waals surface area contributed by atoms with E-state index in [1.807, 2.05) is 54.6 Å². The minimum Gasteiger partial charge on any atom is -0.503 e. The zero-order valence-electron chi connectivity index (χ0n) is 19.1. The average Bonchev–Trinajstić information content (AvgIpc) is 2.83. The third-order valence-corrected chi connectivity index (χ3v) is 5.52. The second-order valence-corrected chi connectivity index (χ2v) is 8.08. The van der Waals surface area contributed by atoms with E-state index in [9.17, 15) is 23.5 Å². The number of ether oxygens (including phenoxy) is 1. The summed E-state index contributed by atoms with van der Waals surface area (Å²) in [6, 6.07) is 18.9. The number of aromatic hydroxyl groups is 1. The lowest BCUT2D eigenvalue weighted by molar-refractivity contribution is -0.147. The van der Waals surface area contributed by atoms with Crippen molar-refractivity contribution in [1.82, 2.24) is 5.32 Å². The highest BCUT2D eigenvalue weighted by Gasteiger charge is 2.25. The first kappa shape index (κ1) is 24.9. The van der Waals surface area contributed by atoms with E-state index >= 15 is 0 Å². The normalized spacial score (nSPS) is 12.6. The average molecular weight is 468 g/mol. The maximum atomic E-state index is 14.3. The van der Waals surface area contributed by atoms with E-state index in [0.717, 1.165) is 28.8 Å². The fraction of sp³-hybridized carbons (Fsp3) is 0.259. The highest BCUT2D eigenvalue weighted by molar-refractivity contribution is 5.95. The Bertz CT molecular complexity index is 1130. The standard InChI is InChI=1S/C27H27F2NO4/c1-3-34-27(33)17(2)15-21(30-26(32)22-13-14-23(28)25(31)24(22)29)16-18-9-11-20(12-10-18)19-7-5-4-6-8-19/h4-14,17,21,31H,3,15-16H2,1-2H3,(H,30,32)/t17-,21+/m1/s1. The number of hydrogen-bond donors (Lipinski definition) is 2. The van der Waals surface area contributed by atoms with Crippen molar-refractivity contribution in [2.75, 3.05) is 6.61 Å². The molecular formula is C27H27F2NO4. The second-order valence-electron chi connectivity index (χ2n) is 8.08. The van der Waals surface area contributed by atoms with Crippen molar-refractivity contribution in [3.63, 3.8) is 0 Å². The van der Waals surface area contributed by atoms with Crippen LogP contribution < -0.4 is 5.32 Å². The summed E-state index contributed by atoms with van der Waals surface area (Å²) < 4.78 is 32.7. The summed E-state index contributed by atoms with van der Waals surface area (Å²) in [5.74, 6) is -5.41. The molecule has 178 valence electrons. The predicted molar refractivity (Wildman–Crippen MR) is 125 cm³/mol. The van der Waals surface area contributed by atoms with Gasteiger partial charge >= 0.3 is 5.97 Å². The molecule has 0 heterocycles. The monoisotopic (exact) mass is 467 g/mol. The molecule has 34 heavy (non-hydrogen) atoms. The van der Waals surface area contributed by atoms with E-state index in [1.54, 1.807) is 13.8 Å². The molecule has 0 spiro atoms. The molecule has 2 atom stereocenters. The van der Waals surface area contributed by atoms with Crippen LogP contribution in [-0.4, -0.2) is 29.6 Å². The first-order valence-electron chi connectivity index (χ1n) is 11.1. The van der Waals surface area contributed by atoms with Crippen molar-refractivity contribution in [3.05, 3.63) is 89.5 Å². The molecular weight excluding hydrogens is 440 g/mol. The first-order valence-corrected chi connectivity index (χ1v) is 11.1. The quantitative estimate of drug-likeness (QED) is 0.421. The number of rotatable bonds is 9. The Morgan fingerprint density at radius 2 is 1.62 bits per heavy atom. The molecule has 1 amide bonds. The Morgan fingerprint density at radius 1 is 0.971 bits per heavy atom. The number of carbonyl (C=O) groups is 2. The largest absolute Gasteiger partial charge is 0.503 e. The topological polar surface area (TPSA) is 75.6 Å². The Balaban J connectivity index is 1.80. The van der Waals surface area contributed by atoms with E-state index in [0.29, 0.717) is 6.42 Å². The highest BCUT2D eigenvalue weighted by Crippen LogP contribution is 2.24. The van der Waals surface area contributed by atoms with Crippen LogP contribution in [0.3, 0.4) is 0 Å². The summed E-state index contributed by atoms with van der Waals surface area (Å²) in [5.41, 5.74) is 2.53. The van der Waals surface area contributed by atoms with Crippen molar-refractivity contribution in [2.24, 2.45) is 5.92 Å². The molecule has 0 saturated carbocycles. The van der Waals surface area contributed by atoms with Crippen molar-refractivity contribution in [1.29, 1.82) is 0 Å². The molecule has 0 aliphatic carbocycles. The van der Waals surface area contributed by atoms with E-state index in [-0.39, 0.29) is 13.0 Å². The summed E-state index contributed by atoms with van der Waals surface area (Å²) in [4.78, 5) is 24.9. The van der Waals surface area contributed by atoms with Gasteiger partial charge in [0, 0.05) is 6.04 Å². The summed E-state index contributed by atoms with van der Waals surface area (Å²) in [5, 5.41) is 12.2. The maximum absolute atomic E-state index is 14.3. The van der Waals surface area contributed by atoms with Crippen LogP contribution in [0, 0.1) is 17.6 Å². The highest BCUT2D eigenvalue weighted by atomic mass is 19.1. The number of benzene rings is 3. The molecule has 0 fully saturated rings. The molecule has 7 heteroatoms. The number of esters is 1. The molecule has 0 saturated heterocycles. The lowest BCUT2D eigenvalue weighted by atomic mass is 9.94. The zero-order chi connectivity index (χ0) is 24.7. The Kier molecular flexibility index (Phi) is 8.35. The van der Waals surface area contributed by atoms with Gasteiger partial charge in [0.05, 0.1) is 18.1 Å². The van der Waals surface area contributed by atoms with Crippen LogP contribution in [0.1, 0.15) is 36.2 Å². The number of phenolic OH excluding ortho intramolecular Hbond substituents is 1. The number of nitrogens with one attached hydrogen (secondary N) is 1. The summed E-state index contributed by atoms with van der Waals surface area (Å²) in [6.07, 6.45) is 0.624. The van der Waals surface area contributed by atoms with Gasteiger partial charge in [0.1, 0.15) is 0 Å². The molecule has 2 N–H and O–H groups in total. The molecule has 3 aromatic carbocycles. The molecule has 5 nitrogen and oxygen atoms in total. The van der Waals surface area contributed by atoms with E-state index in [2.05, 4.69) is 5.32 Å². The van der Waals surface area contributed by atoms with Crippen LogP contribution in [-0.2, 0) is 16.0 Å². The molecule has 0 aromatic heterocycles. The second kappa shape index (κ2) is 11.4. The fourth-order valence-electron chi connectivity index (χ4n) is 3.73. The number of amides is 1. The Labute approximate surface area is 197 Å². The van der Waals surface area contributed by atoms with Gasteiger partial charge in [-0.2, -0.15) is 0 Å². The molecule has 0 aliphatic heterocycles. The smallest absolute Gasteiger partial charge is 0.308 e. The van der Waals surface area contributed by atoms with Crippen molar-refractivity contribution >= 4 is 11.9 Å².